The minimum absolute atomic E-state index is 0.0625. The molecule has 1 heterocycles. The van der Waals surface area contributed by atoms with E-state index in [4.69, 9.17) is 14.2 Å². The lowest BCUT2D eigenvalue weighted by molar-refractivity contribution is -0.135. The molecule has 3 nitrogen and oxygen atoms in total. The van der Waals surface area contributed by atoms with Crippen LogP contribution in [0.5, 0.6) is 5.75 Å². The van der Waals surface area contributed by atoms with Crippen molar-refractivity contribution in [3.05, 3.63) is 29.8 Å². The van der Waals surface area contributed by atoms with Gasteiger partial charge in [0, 0.05) is 0 Å². The predicted octanol–water partition coefficient (Wildman–Crippen LogP) is 3.73. The summed E-state index contributed by atoms with van der Waals surface area (Å²) in [6.45, 7) is 6.41. The molecular formula is C16H24O3. The smallest absolute Gasteiger partial charge is 0.119 e. The van der Waals surface area contributed by atoms with E-state index in [0.717, 1.165) is 37.2 Å². The van der Waals surface area contributed by atoms with Crippen molar-refractivity contribution in [1.29, 1.82) is 0 Å². The second kappa shape index (κ2) is 7.51. The zero-order valence-corrected chi connectivity index (χ0v) is 11.9. The first-order valence-corrected chi connectivity index (χ1v) is 7.29. The van der Waals surface area contributed by atoms with Crippen molar-refractivity contribution in [3.63, 3.8) is 0 Å². The molecule has 3 heteroatoms. The fourth-order valence-corrected chi connectivity index (χ4v) is 2.08. The quantitative estimate of drug-likeness (QED) is 0.733. The minimum Gasteiger partial charge on any atom is -0.494 e. The molecule has 1 fully saturated rings. The van der Waals surface area contributed by atoms with Gasteiger partial charge in [-0.3, -0.25) is 0 Å². The number of rotatable bonds is 6. The van der Waals surface area contributed by atoms with E-state index >= 15 is 0 Å². The summed E-state index contributed by atoms with van der Waals surface area (Å²) in [5, 5.41) is 0. The van der Waals surface area contributed by atoms with Crippen LogP contribution in [0.25, 0.3) is 0 Å². The summed E-state index contributed by atoms with van der Waals surface area (Å²) in [6.07, 6.45) is 3.58. The average Bonchev–Trinajstić information content (AvgIpc) is 2.48. The zero-order valence-electron chi connectivity index (χ0n) is 11.9. The van der Waals surface area contributed by atoms with Gasteiger partial charge in [-0.15, -0.1) is 0 Å². The molecule has 0 aromatic heterocycles. The number of ether oxygens (including phenoxy) is 3. The van der Waals surface area contributed by atoms with E-state index in [-0.39, 0.29) is 12.2 Å². The average molecular weight is 264 g/mol. The summed E-state index contributed by atoms with van der Waals surface area (Å²) in [4.78, 5) is 0. The van der Waals surface area contributed by atoms with Gasteiger partial charge < -0.3 is 14.2 Å². The standard InChI is InChI=1S/C16H24O3/c1-3-5-10-17-15-8-6-13(7-9-15)16-12-18-14(4-2)11-19-16/h6-9,14,16H,3-5,10-12H2,1-2H3/t14-,16-/m1/s1. The Hall–Kier alpha value is -1.06. The van der Waals surface area contributed by atoms with Gasteiger partial charge >= 0.3 is 0 Å². The summed E-state index contributed by atoms with van der Waals surface area (Å²) < 4.78 is 17.2. The molecular weight excluding hydrogens is 240 g/mol. The zero-order chi connectivity index (χ0) is 13.5. The predicted molar refractivity (Wildman–Crippen MR) is 75.6 cm³/mol. The first-order chi connectivity index (χ1) is 9.33. The Morgan fingerprint density at radius 2 is 1.89 bits per heavy atom. The highest BCUT2D eigenvalue weighted by Crippen LogP contribution is 2.25. The van der Waals surface area contributed by atoms with Crippen LogP contribution in [0.4, 0.5) is 0 Å². The van der Waals surface area contributed by atoms with Crippen molar-refractivity contribution >= 4 is 0 Å². The van der Waals surface area contributed by atoms with Gasteiger partial charge in [-0.05, 0) is 30.5 Å². The van der Waals surface area contributed by atoms with Gasteiger partial charge in [-0.25, -0.2) is 0 Å². The highest BCUT2D eigenvalue weighted by Gasteiger charge is 2.22. The maximum absolute atomic E-state index is 5.84. The molecule has 19 heavy (non-hydrogen) atoms. The first-order valence-electron chi connectivity index (χ1n) is 7.29. The molecule has 1 aliphatic heterocycles. The monoisotopic (exact) mass is 264 g/mol. The molecule has 0 spiro atoms. The van der Waals surface area contributed by atoms with Crippen LogP contribution in [0, 0.1) is 0 Å². The lowest BCUT2D eigenvalue weighted by Gasteiger charge is -2.29. The molecule has 2 atom stereocenters. The van der Waals surface area contributed by atoms with Gasteiger partial charge in [0.1, 0.15) is 11.9 Å². The third-order valence-corrected chi connectivity index (χ3v) is 3.44. The van der Waals surface area contributed by atoms with Crippen LogP contribution in [-0.4, -0.2) is 25.9 Å². The van der Waals surface area contributed by atoms with Crippen molar-refractivity contribution in [2.24, 2.45) is 0 Å². The molecule has 0 N–H and O–H groups in total. The SMILES string of the molecule is CCCCOc1ccc([C@H]2CO[C@H](CC)CO2)cc1. The largest absolute Gasteiger partial charge is 0.494 e. The van der Waals surface area contributed by atoms with E-state index < -0.39 is 0 Å². The molecule has 1 aromatic rings. The summed E-state index contributed by atoms with van der Waals surface area (Å²) in [5.41, 5.74) is 1.16. The van der Waals surface area contributed by atoms with Crippen LogP contribution >= 0.6 is 0 Å². The second-order valence-electron chi connectivity index (χ2n) is 4.96. The maximum atomic E-state index is 5.84. The molecule has 0 bridgehead atoms. The molecule has 0 amide bonds. The van der Waals surface area contributed by atoms with Crippen LogP contribution in [0.15, 0.2) is 24.3 Å². The Morgan fingerprint density at radius 1 is 1.11 bits per heavy atom. The normalized spacial score (nSPS) is 23.3. The number of hydrogen-bond acceptors (Lipinski definition) is 3. The number of unbranched alkanes of at least 4 members (excludes halogenated alkanes) is 1. The van der Waals surface area contributed by atoms with Crippen molar-refractivity contribution in [2.45, 2.75) is 45.3 Å². The number of hydrogen-bond donors (Lipinski definition) is 0. The summed E-state index contributed by atoms with van der Waals surface area (Å²) in [5.74, 6) is 0.931. The molecule has 0 aliphatic carbocycles. The summed E-state index contributed by atoms with van der Waals surface area (Å²) >= 11 is 0. The lowest BCUT2D eigenvalue weighted by atomic mass is 10.1. The molecule has 1 aliphatic rings. The lowest BCUT2D eigenvalue weighted by Crippen LogP contribution is -2.30. The summed E-state index contributed by atoms with van der Waals surface area (Å²) in [6, 6.07) is 8.17. The fraction of sp³-hybridized carbons (Fsp3) is 0.625. The second-order valence-corrected chi connectivity index (χ2v) is 4.96. The van der Waals surface area contributed by atoms with E-state index in [1.165, 1.54) is 0 Å². The molecule has 0 radical (unpaired) electrons. The fourth-order valence-electron chi connectivity index (χ4n) is 2.08. The minimum atomic E-state index is 0.0625. The number of benzene rings is 1. The first kappa shape index (κ1) is 14.4. The van der Waals surface area contributed by atoms with Gasteiger partial charge in [-0.1, -0.05) is 32.4 Å². The van der Waals surface area contributed by atoms with Crippen LogP contribution in [0.1, 0.15) is 44.8 Å². The Kier molecular flexibility index (Phi) is 5.67. The van der Waals surface area contributed by atoms with Crippen LogP contribution in [0.2, 0.25) is 0 Å². The van der Waals surface area contributed by atoms with E-state index in [1.807, 2.05) is 12.1 Å². The van der Waals surface area contributed by atoms with Gasteiger partial charge in [-0.2, -0.15) is 0 Å². The van der Waals surface area contributed by atoms with Crippen molar-refractivity contribution < 1.29 is 14.2 Å². The highest BCUT2D eigenvalue weighted by atomic mass is 16.6. The molecule has 1 aromatic carbocycles. The Bertz CT molecular complexity index is 353. The van der Waals surface area contributed by atoms with Gasteiger partial charge in [0.2, 0.25) is 0 Å². The van der Waals surface area contributed by atoms with Crippen molar-refractivity contribution in [2.75, 3.05) is 19.8 Å². The molecule has 1 saturated heterocycles. The Morgan fingerprint density at radius 3 is 2.47 bits per heavy atom. The van der Waals surface area contributed by atoms with Gasteiger partial charge in [0.25, 0.3) is 0 Å². The molecule has 106 valence electrons. The highest BCUT2D eigenvalue weighted by molar-refractivity contribution is 5.28. The van der Waals surface area contributed by atoms with E-state index in [0.29, 0.717) is 13.2 Å². The van der Waals surface area contributed by atoms with E-state index in [9.17, 15) is 0 Å². The van der Waals surface area contributed by atoms with Crippen molar-refractivity contribution in [3.8, 4) is 5.75 Å². The van der Waals surface area contributed by atoms with Crippen molar-refractivity contribution in [1.82, 2.24) is 0 Å². The van der Waals surface area contributed by atoms with Gasteiger partial charge in [0.15, 0.2) is 0 Å². The molecule has 2 rings (SSSR count). The van der Waals surface area contributed by atoms with E-state index in [1.54, 1.807) is 0 Å². The van der Waals surface area contributed by atoms with Crippen LogP contribution < -0.4 is 4.74 Å². The van der Waals surface area contributed by atoms with Gasteiger partial charge in [0.05, 0.1) is 25.9 Å². The molecule has 0 unspecified atom stereocenters. The topological polar surface area (TPSA) is 27.7 Å². The Labute approximate surface area is 115 Å². The third-order valence-electron chi connectivity index (χ3n) is 3.44. The van der Waals surface area contributed by atoms with E-state index in [2.05, 4.69) is 26.0 Å². The van der Waals surface area contributed by atoms with Crippen LogP contribution in [-0.2, 0) is 9.47 Å². The third kappa shape index (κ3) is 4.22. The molecule has 0 saturated carbocycles. The summed E-state index contributed by atoms with van der Waals surface area (Å²) in [7, 11) is 0. The van der Waals surface area contributed by atoms with Crippen LogP contribution in [0.3, 0.4) is 0 Å². The Balaban J connectivity index is 1.84. The maximum Gasteiger partial charge on any atom is 0.119 e.